The van der Waals surface area contributed by atoms with E-state index in [1.165, 1.54) is 19.1 Å². The molecule has 2 N–H and O–H groups in total. The number of nitro benzene ring substituents is 1. The molecule has 24 heavy (non-hydrogen) atoms. The van der Waals surface area contributed by atoms with Crippen LogP contribution in [0.4, 0.5) is 11.4 Å². The summed E-state index contributed by atoms with van der Waals surface area (Å²) in [6.45, 7) is 2.70. The number of hydrogen-bond donors (Lipinski definition) is 1. The first kappa shape index (κ1) is 18.6. The second kappa shape index (κ2) is 7.45. The lowest BCUT2D eigenvalue weighted by Crippen LogP contribution is -2.40. The molecule has 0 aliphatic carbocycles. The number of rotatable bonds is 6. The van der Waals surface area contributed by atoms with Crippen molar-refractivity contribution in [3.63, 3.8) is 0 Å². The highest BCUT2D eigenvalue weighted by Gasteiger charge is 2.31. The molecule has 0 radical (unpaired) electrons. The number of sulfonamides is 1. The third-order valence-electron chi connectivity index (χ3n) is 4.44. The first-order valence-corrected chi connectivity index (χ1v) is 9.38. The van der Waals surface area contributed by atoms with E-state index in [2.05, 4.69) is 0 Å². The molecule has 1 atom stereocenters. The average Bonchev–Trinajstić information content (AvgIpc) is 2.51. The van der Waals surface area contributed by atoms with E-state index in [1.807, 2.05) is 4.90 Å². The standard InChI is InChI=1S/C15H23N3O5S/c1-11-14(24(16,21)22)7-6-13(15(11)18(19)20)17-9-4-3-5-12(17)8-10-23-2/h6-7,12H,3-5,8-10H2,1-2H3,(H2,16,21,22). The van der Waals surface area contributed by atoms with Crippen LogP contribution in [0.2, 0.25) is 0 Å². The molecule has 1 fully saturated rings. The van der Waals surface area contributed by atoms with Gasteiger partial charge in [-0.15, -0.1) is 0 Å². The summed E-state index contributed by atoms with van der Waals surface area (Å²) in [6.07, 6.45) is 3.70. The third-order valence-corrected chi connectivity index (χ3v) is 5.50. The minimum atomic E-state index is -4.01. The summed E-state index contributed by atoms with van der Waals surface area (Å²) >= 11 is 0. The predicted molar refractivity (Wildman–Crippen MR) is 90.7 cm³/mol. The van der Waals surface area contributed by atoms with E-state index in [9.17, 15) is 18.5 Å². The van der Waals surface area contributed by atoms with Crippen molar-refractivity contribution in [1.82, 2.24) is 0 Å². The fourth-order valence-corrected chi connectivity index (χ4v) is 4.09. The van der Waals surface area contributed by atoms with Crippen LogP contribution in [0.15, 0.2) is 17.0 Å². The summed E-state index contributed by atoms with van der Waals surface area (Å²) in [5, 5.41) is 16.8. The lowest BCUT2D eigenvalue weighted by molar-refractivity contribution is -0.384. The molecule has 1 aromatic rings. The number of hydrogen-bond acceptors (Lipinski definition) is 6. The molecule has 1 aliphatic heterocycles. The Bertz CT molecular complexity index is 720. The number of anilines is 1. The Kier molecular flexibility index (Phi) is 5.79. The molecule has 0 spiro atoms. The monoisotopic (exact) mass is 357 g/mol. The Hall–Kier alpha value is -1.71. The quantitative estimate of drug-likeness (QED) is 0.614. The Morgan fingerprint density at radius 1 is 1.42 bits per heavy atom. The Balaban J connectivity index is 2.52. The van der Waals surface area contributed by atoms with Gasteiger partial charge in [-0.05, 0) is 44.7 Å². The van der Waals surface area contributed by atoms with Gasteiger partial charge in [0.05, 0.1) is 9.82 Å². The molecule has 1 aromatic carbocycles. The van der Waals surface area contributed by atoms with Crippen molar-refractivity contribution >= 4 is 21.4 Å². The molecule has 1 unspecified atom stereocenters. The van der Waals surface area contributed by atoms with Crippen LogP contribution in [0.1, 0.15) is 31.2 Å². The number of methoxy groups -OCH3 is 1. The van der Waals surface area contributed by atoms with Gasteiger partial charge in [-0.3, -0.25) is 10.1 Å². The van der Waals surface area contributed by atoms with Gasteiger partial charge in [0.2, 0.25) is 10.0 Å². The SMILES string of the molecule is COCCC1CCCCN1c1ccc(S(N)(=O)=O)c(C)c1[N+](=O)[O-]. The molecule has 1 aliphatic rings. The minimum absolute atomic E-state index is 0.0797. The number of piperidine rings is 1. The van der Waals surface area contributed by atoms with E-state index in [4.69, 9.17) is 9.88 Å². The van der Waals surface area contributed by atoms with E-state index >= 15 is 0 Å². The van der Waals surface area contributed by atoms with Crippen LogP contribution in [0.3, 0.4) is 0 Å². The van der Waals surface area contributed by atoms with Crippen LogP contribution in [-0.4, -0.2) is 39.6 Å². The van der Waals surface area contributed by atoms with Crippen molar-refractivity contribution < 1.29 is 18.1 Å². The summed E-state index contributed by atoms with van der Waals surface area (Å²) in [6, 6.07) is 2.99. The molecule has 0 bridgehead atoms. The van der Waals surface area contributed by atoms with Crippen molar-refractivity contribution in [2.75, 3.05) is 25.2 Å². The molecule has 2 rings (SSSR count). The molecule has 0 amide bonds. The van der Waals surface area contributed by atoms with Crippen molar-refractivity contribution in [3.05, 3.63) is 27.8 Å². The van der Waals surface area contributed by atoms with E-state index in [1.54, 1.807) is 7.11 Å². The smallest absolute Gasteiger partial charge is 0.296 e. The lowest BCUT2D eigenvalue weighted by Gasteiger charge is -2.37. The van der Waals surface area contributed by atoms with Gasteiger partial charge in [-0.2, -0.15) is 0 Å². The molecule has 1 heterocycles. The number of nitro groups is 1. The van der Waals surface area contributed by atoms with Crippen molar-refractivity contribution in [2.24, 2.45) is 5.14 Å². The predicted octanol–water partition coefficient (Wildman–Crippen LogP) is 1.95. The molecule has 9 heteroatoms. The van der Waals surface area contributed by atoms with Gasteiger partial charge in [-0.25, -0.2) is 13.6 Å². The summed E-state index contributed by atoms with van der Waals surface area (Å²) in [5.74, 6) is 0. The molecule has 0 aromatic heterocycles. The Morgan fingerprint density at radius 3 is 2.71 bits per heavy atom. The van der Waals surface area contributed by atoms with Crippen molar-refractivity contribution in [2.45, 2.75) is 43.5 Å². The van der Waals surface area contributed by atoms with E-state index < -0.39 is 14.9 Å². The maximum absolute atomic E-state index is 11.6. The largest absolute Gasteiger partial charge is 0.385 e. The second-order valence-corrected chi connectivity index (χ2v) is 7.51. The van der Waals surface area contributed by atoms with Crippen LogP contribution in [-0.2, 0) is 14.8 Å². The number of benzene rings is 1. The summed E-state index contributed by atoms with van der Waals surface area (Å²) in [7, 11) is -2.38. The highest BCUT2D eigenvalue weighted by atomic mass is 32.2. The topological polar surface area (TPSA) is 116 Å². The van der Waals surface area contributed by atoms with Gasteiger partial charge in [0.15, 0.2) is 0 Å². The fraction of sp³-hybridized carbons (Fsp3) is 0.600. The number of nitrogens with zero attached hydrogens (tertiary/aromatic N) is 2. The highest BCUT2D eigenvalue weighted by Crippen LogP contribution is 2.38. The van der Waals surface area contributed by atoms with Gasteiger partial charge >= 0.3 is 0 Å². The van der Waals surface area contributed by atoms with Crippen LogP contribution >= 0.6 is 0 Å². The Morgan fingerprint density at radius 2 is 2.12 bits per heavy atom. The zero-order chi connectivity index (χ0) is 17.9. The first-order chi connectivity index (χ1) is 11.3. The van der Waals surface area contributed by atoms with Gasteiger partial charge in [0, 0.05) is 31.9 Å². The third kappa shape index (κ3) is 3.85. The van der Waals surface area contributed by atoms with Gasteiger partial charge in [0.1, 0.15) is 5.69 Å². The van der Waals surface area contributed by atoms with Gasteiger partial charge < -0.3 is 9.64 Å². The summed E-state index contributed by atoms with van der Waals surface area (Å²) in [4.78, 5) is 12.9. The number of nitrogens with two attached hydrogens (primary N) is 1. The van der Waals surface area contributed by atoms with Crippen LogP contribution in [0, 0.1) is 17.0 Å². The van der Waals surface area contributed by atoms with Crippen LogP contribution in [0.25, 0.3) is 0 Å². The number of primary sulfonamides is 1. The van der Waals surface area contributed by atoms with Crippen molar-refractivity contribution in [3.8, 4) is 0 Å². The van der Waals surface area contributed by atoms with Crippen LogP contribution < -0.4 is 10.0 Å². The Labute approximate surface area is 141 Å². The van der Waals surface area contributed by atoms with E-state index in [0.717, 1.165) is 25.7 Å². The minimum Gasteiger partial charge on any atom is -0.385 e. The maximum atomic E-state index is 11.6. The molecule has 0 saturated carbocycles. The fourth-order valence-electron chi connectivity index (χ4n) is 3.31. The maximum Gasteiger partial charge on any atom is 0.296 e. The second-order valence-electron chi connectivity index (χ2n) is 5.98. The lowest BCUT2D eigenvalue weighted by atomic mass is 9.98. The van der Waals surface area contributed by atoms with E-state index in [0.29, 0.717) is 18.8 Å². The summed E-state index contributed by atoms with van der Waals surface area (Å²) in [5.41, 5.74) is 0.340. The zero-order valence-electron chi connectivity index (χ0n) is 13.9. The zero-order valence-corrected chi connectivity index (χ0v) is 14.7. The van der Waals surface area contributed by atoms with E-state index in [-0.39, 0.29) is 22.2 Å². The molecule has 8 nitrogen and oxygen atoms in total. The normalized spacial score (nSPS) is 18.6. The first-order valence-electron chi connectivity index (χ1n) is 7.83. The molecular formula is C15H23N3O5S. The highest BCUT2D eigenvalue weighted by molar-refractivity contribution is 7.89. The molecule has 134 valence electrons. The average molecular weight is 357 g/mol. The molecular weight excluding hydrogens is 334 g/mol. The van der Waals surface area contributed by atoms with Gasteiger partial charge in [-0.1, -0.05) is 0 Å². The van der Waals surface area contributed by atoms with Crippen molar-refractivity contribution in [1.29, 1.82) is 0 Å². The summed E-state index contributed by atoms with van der Waals surface area (Å²) < 4.78 is 28.4. The van der Waals surface area contributed by atoms with Crippen LogP contribution in [0.5, 0.6) is 0 Å². The molecule has 1 saturated heterocycles. The van der Waals surface area contributed by atoms with Gasteiger partial charge in [0.25, 0.3) is 5.69 Å². The number of ether oxygens (including phenoxy) is 1.